The fourth-order valence-corrected chi connectivity index (χ4v) is 2.18. The molecule has 1 heterocycles. The normalized spacial score (nSPS) is 21.7. The molecule has 0 aromatic rings. The number of piperidine rings is 1. The summed E-state index contributed by atoms with van der Waals surface area (Å²) in [6, 6.07) is -0.548. The quantitative estimate of drug-likeness (QED) is 0.657. The predicted molar refractivity (Wildman–Crippen MR) is 66.0 cm³/mol. The van der Waals surface area contributed by atoms with E-state index in [2.05, 4.69) is 0 Å². The number of methoxy groups -OCH3 is 1. The fourth-order valence-electron chi connectivity index (χ4n) is 2.18. The van der Waals surface area contributed by atoms with Crippen molar-refractivity contribution in [3.05, 3.63) is 0 Å². The number of rotatable bonds is 6. The van der Waals surface area contributed by atoms with Crippen molar-refractivity contribution < 1.29 is 19.4 Å². The van der Waals surface area contributed by atoms with Crippen LogP contribution in [0.5, 0.6) is 0 Å². The molecule has 1 rings (SSSR count). The van der Waals surface area contributed by atoms with Gasteiger partial charge in [-0.1, -0.05) is 0 Å². The summed E-state index contributed by atoms with van der Waals surface area (Å²) in [7, 11) is 1.61. The van der Waals surface area contributed by atoms with Crippen LogP contribution in [0.1, 0.15) is 25.7 Å². The molecule has 1 aliphatic heterocycles. The lowest BCUT2D eigenvalue weighted by Crippen LogP contribution is -2.49. The zero-order valence-corrected chi connectivity index (χ0v) is 10.8. The molecule has 2 atom stereocenters. The first-order chi connectivity index (χ1) is 8.56. The van der Waals surface area contributed by atoms with Crippen molar-refractivity contribution in [2.75, 3.05) is 26.8 Å². The number of likely N-dealkylation sites (tertiary alicyclic amines) is 1. The van der Waals surface area contributed by atoms with E-state index in [9.17, 15) is 9.59 Å². The maximum atomic E-state index is 12.0. The average molecular weight is 258 g/mol. The average Bonchev–Trinajstić information content (AvgIpc) is 2.38. The van der Waals surface area contributed by atoms with Gasteiger partial charge in [0.15, 0.2) is 0 Å². The number of amides is 1. The van der Waals surface area contributed by atoms with Crippen molar-refractivity contribution in [3.8, 4) is 0 Å². The molecule has 18 heavy (non-hydrogen) atoms. The van der Waals surface area contributed by atoms with E-state index in [0.29, 0.717) is 26.0 Å². The molecule has 0 bridgehead atoms. The summed E-state index contributed by atoms with van der Waals surface area (Å²) < 4.78 is 4.91. The molecule has 0 aromatic carbocycles. The van der Waals surface area contributed by atoms with Crippen molar-refractivity contribution in [1.29, 1.82) is 0 Å². The van der Waals surface area contributed by atoms with Gasteiger partial charge in [-0.25, -0.2) is 0 Å². The number of hydrogen-bond donors (Lipinski definition) is 2. The summed E-state index contributed by atoms with van der Waals surface area (Å²) in [5.74, 6) is -1.42. The number of nitrogens with two attached hydrogens (primary N) is 1. The van der Waals surface area contributed by atoms with Crippen LogP contribution >= 0.6 is 0 Å². The summed E-state index contributed by atoms with van der Waals surface area (Å²) >= 11 is 0. The van der Waals surface area contributed by atoms with E-state index in [0.717, 1.165) is 12.8 Å². The molecule has 1 unspecified atom stereocenters. The van der Waals surface area contributed by atoms with Gasteiger partial charge < -0.3 is 20.5 Å². The SMILES string of the molecule is COCCCC(N)C(=O)N1CCC[C@H](C(=O)O)C1. The summed E-state index contributed by atoms with van der Waals surface area (Å²) in [5.41, 5.74) is 5.82. The number of carboxylic acids is 1. The summed E-state index contributed by atoms with van der Waals surface area (Å²) in [6.45, 7) is 1.48. The smallest absolute Gasteiger partial charge is 0.308 e. The minimum absolute atomic E-state index is 0.142. The van der Waals surface area contributed by atoms with Crippen molar-refractivity contribution in [3.63, 3.8) is 0 Å². The minimum atomic E-state index is -0.833. The lowest BCUT2D eigenvalue weighted by atomic mass is 9.97. The Morgan fingerprint density at radius 2 is 2.28 bits per heavy atom. The molecule has 6 heteroatoms. The molecule has 0 aliphatic carbocycles. The van der Waals surface area contributed by atoms with E-state index in [-0.39, 0.29) is 12.5 Å². The molecular weight excluding hydrogens is 236 g/mol. The minimum Gasteiger partial charge on any atom is -0.481 e. The van der Waals surface area contributed by atoms with Gasteiger partial charge in [-0.05, 0) is 25.7 Å². The van der Waals surface area contributed by atoms with Gasteiger partial charge in [0.2, 0.25) is 5.91 Å². The Kier molecular flexibility index (Phi) is 6.07. The van der Waals surface area contributed by atoms with Crippen LogP contribution in [0, 0.1) is 5.92 Å². The number of nitrogens with zero attached hydrogens (tertiary/aromatic N) is 1. The van der Waals surface area contributed by atoms with Gasteiger partial charge in [-0.15, -0.1) is 0 Å². The second-order valence-corrected chi connectivity index (χ2v) is 4.70. The largest absolute Gasteiger partial charge is 0.481 e. The van der Waals surface area contributed by atoms with E-state index in [1.807, 2.05) is 0 Å². The number of ether oxygens (including phenoxy) is 1. The van der Waals surface area contributed by atoms with Crippen LogP contribution in [0.15, 0.2) is 0 Å². The molecule has 0 spiro atoms. The van der Waals surface area contributed by atoms with Crippen molar-refractivity contribution in [2.24, 2.45) is 11.7 Å². The number of carbonyl (C=O) groups is 2. The van der Waals surface area contributed by atoms with Crippen molar-refractivity contribution in [2.45, 2.75) is 31.7 Å². The van der Waals surface area contributed by atoms with E-state index < -0.39 is 17.9 Å². The number of aliphatic carboxylic acids is 1. The lowest BCUT2D eigenvalue weighted by Gasteiger charge is -2.32. The third-order valence-corrected chi connectivity index (χ3v) is 3.26. The fraction of sp³-hybridized carbons (Fsp3) is 0.833. The summed E-state index contributed by atoms with van der Waals surface area (Å²) in [4.78, 5) is 24.5. The Morgan fingerprint density at radius 1 is 1.56 bits per heavy atom. The van der Waals surface area contributed by atoms with Crippen LogP contribution in [0.2, 0.25) is 0 Å². The maximum Gasteiger partial charge on any atom is 0.308 e. The van der Waals surface area contributed by atoms with Gasteiger partial charge >= 0.3 is 5.97 Å². The van der Waals surface area contributed by atoms with Crippen LogP contribution in [-0.4, -0.2) is 54.7 Å². The van der Waals surface area contributed by atoms with Crippen LogP contribution in [0.3, 0.4) is 0 Å². The maximum absolute atomic E-state index is 12.0. The van der Waals surface area contributed by atoms with E-state index in [1.54, 1.807) is 12.0 Å². The van der Waals surface area contributed by atoms with E-state index in [1.165, 1.54) is 0 Å². The third-order valence-electron chi connectivity index (χ3n) is 3.26. The Morgan fingerprint density at radius 3 is 2.89 bits per heavy atom. The monoisotopic (exact) mass is 258 g/mol. The molecule has 1 aliphatic rings. The topological polar surface area (TPSA) is 92.9 Å². The van der Waals surface area contributed by atoms with Crippen molar-refractivity contribution >= 4 is 11.9 Å². The molecule has 1 saturated heterocycles. The highest BCUT2D eigenvalue weighted by Crippen LogP contribution is 2.17. The van der Waals surface area contributed by atoms with Crippen LogP contribution in [0.4, 0.5) is 0 Å². The molecular formula is C12H22N2O4. The van der Waals surface area contributed by atoms with Gasteiger partial charge in [-0.3, -0.25) is 9.59 Å². The molecule has 104 valence electrons. The highest BCUT2D eigenvalue weighted by atomic mass is 16.5. The Balaban J connectivity index is 2.42. The first kappa shape index (κ1) is 14.9. The van der Waals surface area contributed by atoms with Gasteiger partial charge in [0.1, 0.15) is 0 Å². The van der Waals surface area contributed by atoms with Gasteiger partial charge in [0.05, 0.1) is 12.0 Å². The molecule has 1 fully saturated rings. The number of carbonyl (C=O) groups excluding carboxylic acids is 1. The second kappa shape index (κ2) is 7.33. The summed E-state index contributed by atoms with van der Waals surface area (Å²) in [5, 5.41) is 8.96. The van der Waals surface area contributed by atoms with Gasteiger partial charge in [-0.2, -0.15) is 0 Å². The number of hydrogen-bond acceptors (Lipinski definition) is 4. The Labute approximate surface area is 107 Å². The molecule has 0 saturated carbocycles. The first-order valence-electron chi connectivity index (χ1n) is 6.32. The zero-order valence-electron chi connectivity index (χ0n) is 10.8. The highest BCUT2D eigenvalue weighted by Gasteiger charge is 2.30. The molecule has 3 N–H and O–H groups in total. The van der Waals surface area contributed by atoms with Gasteiger partial charge in [0, 0.05) is 26.8 Å². The highest BCUT2D eigenvalue weighted by molar-refractivity contribution is 5.82. The number of carboxylic acid groups (broad SMARTS) is 1. The summed E-state index contributed by atoms with van der Waals surface area (Å²) in [6.07, 6.45) is 2.67. The van der Waals surface area contributed by atoms with E-state index >= 15 is 0 Å². The van der Waals surface area contributed by atoms with Crippen molar-refractivity contribution in [1.82, 2.24) is 4.90 Å². The molecule has 0 aromatic heterocycles. The van der Waals surface area contributed by atoms with Crippen LogP contribution in [0.25, 0.3) is 0 Å². The first-order valence-corrected chi connectivity index (χ1v) is 6.32. The standard InChI is InChI=1S/C12H22N2O4/c1-18-7-3-5-10(13)11(15)14-6-2-4-9(8-14)12(16)17/h9-10H,2-8,13H2,1H3,(H,16,17)/t9-,10?/m0/s1. The lowest BCUT2D eigenvalue weighted by molar-refractivity contribution is -0.146. The molecule has 6 nitrogen and oxygen atoms in total. The molecule has 0 radical (unpaired) electrons. The molecule has 1 amide bonds. The van der Waals surface area contributed by atoms with E-state index in [4.69, 9.17) is 15.6 Å². The second-order valence-electron chi connectivity index (χ2n) is 4.70. The zero-order chi connectivity index (χ0) is 13.5. The van der Waals surface area contributed by atoms with Crippen LogP contribution in [-0.2, 0) is 14.3 Å². The Hall–Kier alpha value is -1.14. The van der Waals surface area contributed by atoms with Gasteiger partial charge in [0.25, 0.3) is 0 Å². The predicted octanol–water partition coefficient (Wildman–Crippen LogP) is 0.0635. The van der Waals surface area contributed by atoms with Crippen LogP contribution < -0.4 is 5.73 Å². The Bertz CT molecular complexity index is 296. The third kappa shape index (κ3) is 4.27.